The lowest BCUT2D eigenvalue weighted by molar-refractivity contribution is -0.137. The van der Waals surface area contributed by atoms with Gasteiger partial charge in [-0.2, -0.15) is 18.3 Å². The lowest BCUT2D eigenvalue weighted by Gasteiger charge is -2.31. The zero-order chi connectivity index (χ0) is 35.9. The first-order valence-corrected chi connectivity index (χ1v) is 16.3. The Morgan fingerprint density at radius 3 is 2.50 bits per heavy atom. The standard InChI is InChI=1S/C24H31F3N6O2.C12H9N3/c1-5-7-19(33-11-6-10-28-16(33)2)12-20(30-21(34)17-8-9-17)22(35)31-23(3,4)15-32-14-18(13-29-32)24(25,26)27;1-2-4-10(5-3-1)11-8-14-12-13-6-7-15(12)9-11/h6-7,10-11,13-14,17,20H,2,5,8-9,12,15H2,1,3-4H3,(H,30,34)(H,31,35);1-9H/b19-7-;. The molecule has 1 fully saturated rings. The minimum Gasteiger partial charge on any atom is -0.348 e. The van der Waals surface area contributed by atoms with Crippen LogP contribution in [0.25, 0.3) is 16.9 Å². The van der Waals surface area contributed by atoms with E-state index in [1.165, 1.54) is 5.56 Å². The van der Waals surface area contributed by atoms with Crippen molar-refractivity contribution >= 4 is 23.8 Å². The van der Waals surface area contributed by atoms with E-state index >= 15 is 0 Å². The summed E-state index contributed by atoms with van der Waals surface area (Å²) in [6.45, 7) is 9.28. The molecule has 0 spiro atoms. The number of carbonyl (C=O) groups is 2. The van der Waals surface area contributed by atoms with E-state index in [1.54, 1.807) is 43.4 Å². The number of rotatable bonds is 11. The van der Waals surface area contributed by atoms with Crippen molar-refractivity contribution in [2.75, 3.05) is 0 Å². The summed E-state index contributed by atoms with van der Waals surface area (Å²) in [5.41, 5.74) is 1.21. The zero-order valence-corrected chi connectivity index (χ0v) is 28.1. The van der Waals surface area contributed by atoms with Crippen LogP contribution in [0.5, 0.6) is 0 Å². The molecule has 6 rings (SSSR count). The summed E-state index contributed by atoms with van der Waals surface area (Å²) in [5, 5.41) is 9.49. The monoisotopic (exact) mass is 687 g/mol. The normalized spacial score (nSPS) is 15.4. The summed E-state index contributed by atoms with van der Waals surface area (Å²) in [5.74, 6) is 0.487. The van der Waals surface area contributed by atoms with E-state index in [-0.39, 0.29) is 24.8 Å². The van der Waals surface area contributed by atoms with Gasteiger partial charge < -0.3 is 15.5 Å². The molecule has 1 aliphatic carbocycles. The van der Waals surface area contributed by atoms with Crippen LogP contribution in [0.2, 0.25) is 0 Å². The number of hydrogen-bond donors (Lipinski definition) is 2. The Morgan fingerprint density at radius 2 is 1.84 bits per heavy atom. The number of benzene rings is 1. The lowest BCUT2D eigenvalue weighted by atomic mass is 10.0. The maximum absolute atomic E-state index is 13.3. The van der Waals surface area contributed by atoms with Crippen LogP contribution in [0.15, 0.2) is 109 Å². The minimum atomic E-state index is -4.50. The highest BCUT2D eigenvalue weighted by Crippen LogP contribution is 2.30. The summed E-state index contributed by atoms with van der Waals surface area (Å²) in [6.07, 6.45) is 14.2. The van der Waals surface area contributed by atoms with Crippen molar-refractivity contribution < 1.29 is 22.8 Å². The van der Waals surface area contributed by atoms with E-state index < -0.39 is 29.2 Å². The molecule has 11 nitrogen and oxygen atoms in total. The van der Waals surface area contributed by atoms with Crippen molar-refractivity contribution in [1.29, 1.82) is 0 Å². The molecule has 1 aromatic carbocycles. The van der Waals surface area contributed by atoms with Crippen molar-refractivity contribution in [1.82, 2.24) is 39.7 Å². The van der Waals surface area contributed by atoms with Crippen molar-refractivity contribution in [2.24, 2.45) is 10.9 Å². The Morgan fingerprint density at radius 1 is 1.08 bits per heavy atom. The molecule has 4 heterocycles. The Balaban J connectivity index is 0.000000266. The number of nitrogens with zero attached hydrogens (tertiary/aromatic N) is 7. The van der Waals surface area contributed by atoms with Crippen LogP contribution in [0.1, 0.15) is 52.0 Å². The van der Waals surface area contributed by atoms with Gasteiger partial charge in [-0.15, -0.1) is 0 Å². The number of nitrogens with one attached hydrogen (secondary N) is 2. The molecule has 50 heavy (non-hydrogen) atoms. The Hall–Kier alpha value is -5.53. The Bertz CT molecular complexity index is 1900. The lowest BCUT2D eigenvalue weighted by Crippen LogP contribution is -2.55. The van der Waals surface area contributed by atoms with E-state index in [2.05, 4.69) is 49.4 Å². The fraction of sp³-hybridized carbons (Fsp3) is 0.333. The highest BCUT2D eigenvalue weighted by molar-refractivity contribution is 5.90. The molecule has 2 amide bonds. The number of fused-ring (bicyclic) bond motifs is 1. The minimum absolute atomic E-state index is 0.0101. The quantitative estimate of drug-likeness (QED) is 0.195. The number of imidazole rings is 1. The smallest absolute Gasteiger partial charge is 0.348 e. The molecule has 4 aromatic rings. The number of amides is 2. The van der Waals surface area contributed by atoms with Crippen LogP contribution in [-0.4, -0.2) is 58.7 Å². The Kier molecular flexibility index (Phi) is 11.0. The zero-order valence-electron chi connectivity index (χ0n) is 28.1. The van der Waals surface area contributed by atoms with Gasteiger partial charge in [-0.25, -0.2) is 15.0 Å². The number of aromatic nitrogens is 5. The topological polar surface area (TPSA) is 122 Å². The fourth-order valence-electron chi connectivity index (χ4n) is 5.29. The molecule has 262 valence electrons. The van der Waals surface area contributed by atoms with Gasteiger partial charge in [0.15, 0.2) is 0 Å². The van der Waals surface area contributed by atoms with Crippen LogP contribution in [0.3, 0.4) is 0 Å². The number of allylic oxidation sites excluding steroid dienone is 2. The van der Waals surface area contributed by atoms with Gasteiger partial charge in [0, 0.05) is 67.0 Å². The summed E-state index contributed by atoms with van der Waals surface area (Å²) >= 11 is 0. The highest BCUT2D eigenvalue weighted by Gasteiger charge is 2.36. The molecule has 1 atom stereocenters. The van der Waals surface area contributed by atoms with Gasteiger partial charge in [-0.05, 0) is 44.7 Å². The second-order valence-electron chi connectivity index (χ2n) is 12.7. The summed E-state index contributed by atoms with van der Waals surface area (Å²) in [4.78, 5) is 40.2. The van der Waals surface area contributed by atoms with Crippen molar-refractivity contribution in [3.05, 3.63) is 110 Å². The summed E-state index contributed by atoms with van der Waals surface area (Å²) < 4.78 is 41.8. The van der Waals surface area contributed by atoms with Gasteiger partial charge >= 0.3 is 6.18 Å². The molecule has 3 aromatic heterocycles. The SMILES string of the molecule is C=C1N=CC=CN1/C(=C\CC)CC(NC(=O)C1CC1)C(=O)NC(C)(C)Cn1cc(C(F)(F)F)cn1.c1ccc(-c2cnc3nccn3c2)cc1. The molecule has 14 heteroatoms. The first-order valence-electron chi connectivity index (χ1n) is 16.3. The first-order chi connectivity index (χ1) is 23.8. The second-order valence-corrected chi connectivity index (χ2v) is 12.7. The third-order valence-electron chi connectivity index (χ3n) is 7.90. The number of alkyl halides is 3. The van der Waals surface area contributed by atoms with Crippen molar-refractivity contribution in [2.45, 2.75) is 70.8 Å². The molecule has 0 bridgehead atoms. The highest BCUT2D eigenvalue weighted by atomic mass is 19.4. The van der Waals surface area contributed by atoms with Gasteiger partial charge in [0.25, 0.3) is 0 Å². The average molecular weight is 688 g/mol. The summed E-state index contributed by atoms with van der Waals surface area (Å²) in [7, 11) is 0. The number of carbonyl (C=O) groups excluding carboxylic acids is 2. The van der Waals surface area contributed by atoms with Gasteiger partial charge in [-0.1, -0.05) is 49.9 Å². The molecule has 1 unspecified atom stereocenters. The van der Waals surface area contributed by atoms with Crippen molar-refractivity contribution in [3.8, 4) is 11.1 Å². The summed E-state index contributed by atoms with van der Waals surface area (Å²) in [6, 6.07) is 9.29. The molecular formula is C36H40F3N9O2. The van der Waals surface area contributed by atoms with E-state index in [0.29, 0.717) is 12.2 Å². The maximum Gasteiger partial charge on any atom is 0.419 e. The third kappa shape index (κ3) is 9.55. The number of halogens is 3. The van der Waals surface area contributed by atoms with E-state index in [0.717, 1.165) is 47.0 Å². The van der Waals surface area contributed by atoms with Crippen LogP contribution < -0.4 is 10.6 Å². The van der Waals surface area contributed by atoms with Crippen LogP contribution >= 0.6 is 0 Å². The molecule has 1 aliphatic heterocycles. The molecule has 0 radical (unpaired) electrons. The average Bonchev–Trinajstić information content (AvgIpc) is 3.64. The molecule has 0 saturated heterocycles. The molecular weight excluding hydrogens is 647 g/mol. The van der Waals surface area contributed by atoms with Crippen LogP contribution in [0, 0.1) is 5.92 Å². The van der Waals surface area contributed by atoms with E-state index in [1.807, 2.05) is 54.2 Å². The van der Waals surface area contributed by atoms with E-state index in [9.17, 15) is 22.8 Å². The van der Waals surface area contributed by atoms with Crippen molar-refractivity contribution in [3.63, 3.8) is 0 Å². The van der Waals surface area contributed by atoms with Crippen LogP contribution in [-0.2, 0) is 22.3 Å². The Labute approximate surface area is 288 Å². The fourth-order valence-corrected chi connectivity index (χ4v) is 5.29. The van der Waals surface area contributed by atoms with E-state index in [4.69, 9.17) is 0 Å². The maximum atomic E-state index is 13.3. The molecule has 1 saturated carbocycles. The third-order valence-corrected chi connectivity index (χ3v) is 7.90. The van der Waals surface area contributed by atoms with Gasteiger partial charge in [-0.3, -0.25) is 18.7 Å². The number of hydrogen-bond acceptors (Lipinski definition) is 7. The molecule has 2 N–H and O–H groups in total. The molecule has 2 aliphatic rings. The predicted octanol–water partition coefficient (Wildman–Crippen LogP) is 6.14. The van der Waals surface area contributed by atoms with Gasteiger partial charge in [0.1, 0.15) is 11.9 Å². The first kappa shape index (κ1) is 35.8. The second kappa shape index (κ2) is 15.3. The van der Waals surface area contributed by atoms with Gasteiger partial charge in [0.2, 0.25) is 17.6 Å². The van der Waals surface area contributed by atoms with Crippen LogP contribution in [0.4, 0.5) is 13.2 Å². The number of aliphatic imine (C=N–C) groups is 1. The van der Waals surface area contributed by atoms with Gasteiger partial charge in [0.05, 0.1) is 23.8 Å². The largest absolute Gasteiger partial charge is 0.419 e. The predicted molar refractivity (Wildman–Crippen MR) is 184 cm³/mol.